The molecule has 0 fully saturated rings. The van der Waals surface area contributed by atoms with Crippen molar-refractivity contribution in [1.82, 2.24) is 4.98 Å². The zero-order valence-corrected chi connectivity index (χ0v) is 8.98. The van der Waals surface area contributed by atoms with Crippen LogP contribution in [0, 0.1) is 11.6 Å². The first-order valence-electron chi connectivity index (χ1n) is 5.19. The van der Waals surface area contributed by atoms with E-state index in [4.69, 9.17) is 0 Å². The highest BCUT2D eigenvalue weighted by Gasteiger charge is 2.17. The first-order chi connectivity index (χ1) is 8.18. The van der Waals surface area contributed by atoms with Crippen molar-refractivity contribution in [3.63, 3.8) is 0 Å². The maximum absolute atomic E-state index is 13.4. The van der Waals surface area contributed by atoms with Crippen LogP contribution in [0.5, 0.6) is 0 Å². The highest BCUT2D eigenvalue weighted by atomic mass is 19.1. The lowest BCUT2D eigenvalue weighted by atomic mass is 10.0. The Balaban J connectivity index is 2.23. The fourth-order valence-electron chi connectivity index (χ4n) is 1.67. The number of hydrogen-bond acceptors (Lipinski definition) is 2. The number of nitrogens with zero attached hydrogens (tertiary/aromatic N) is 1. The van der Waals surface area contributed by atoms with Gasteiger partial charge in [-0.2, -0.15) is 0 Å². The van der Waals surface area contributed by atoms with Crippen LogP contribution in [0.2, 0.25) is 0 Å². The second kappa shape index (κ2) is 5.01. The molecule has 17 heavy (non-hydrogen) atoms. The van der Waals surface area contributed by atoms with Crippen LogP contribution in [-0.2, 0) is 6.42 Å². The van der Waals surface area contributed by atoms with Gasteiger partial charge in [0.25, 0.3) is 0 Å². The summed E-state index contributed by atoms with van der Waals surface area (Å²) in [6, 6.07) is 6.93. The number of aliphatic hydroxyl groups is 1. The molecule has 0 aliphatic rings. The number of pyridine rings is 1. The van der Waals surface area contributed by atoms with E-state index in [9.17, 15) is 13.9 Å². The minimum absolute atomic E-state index is 0.153. The van der Waals surface area contributed by atoms with Gasteiger partial charge in [-0.3, -0.25) is 4.98 Å². The molecule has 1 heterocycles. The normalized spacial score (nSPS) is 12.4. The number of halogens is 2. The number of aromatic nitrogens is 1. The predicted octanol–water partition coefficient (Wildman–Crippen LogP) is 2.64. The molecule has 1 aromatic carbocycles. The van der Waals surface area contributed by atoms with Crippen molar-refractivity contribution in [3.8, 4) is 0 Å². The SMILES string of the molecule is OC(Cc1ccncc1)c1c(F)cccc1F. The van der Waals surface area contributed by atoms with E-state index >= 15 is 0 Å². The molecule has 88 valence electrons. The van der Waals surface area contributed by atoms with Crippen LogP contribution in [0.15, 0.2) is 42.7 Å². The van der Waals surface area contributed by atoms with Gasteiger partial charge < -0.3 is 5.11 Å². The third-order valence-corrected chi connectivity index (χ3v) is 2.51. The summed E-state index contributed by atoms with van der Waals surface area (Å²) in [6.45, 7) is 0. The van der Waals surface area contributed by atoms with E-state index < -0.39 is 17.7 Å². The van der Waals surface area contributed by atoms with Gasteiger partial charge in [0, 0.05) is 18.8 Å². The lowest BCUT2D eigenvalue weighted by Crippen LogP contribution is -2.07. The molecule has 2 rings (SSSR count). The van der Waals surface area contributed by atoms with Crippen molar-refractivity contribution in [2.45, 2.75) is 12.5 Å². The van der Waals surface area contributed by atoms with Gasteiger partial charge in [-0.05, 0) is 29.8 Å². The Morgan fingerprint density at radius 2 is 1.65 bits per heavy atom. The van der Waals surface area contributed by atoms with Crippen molar-refractivity contribution < 1.29 is 13.9 Å². The molecule has 0 spiro atoms. The maximum Gasteiger partial charge on any atom is 0.131 e. The summed E-state index contributed by atoms with van der Waals surface area (Å²) in [7, 11) is 0. The Morgan fingerprint density at radius 1 is 1.06 bits per heavy atom. The molecule has 0 radical (unpaired) electrons. The van der Waals surface area contributed by atoms with Gasteiger partial charge in [-0.25, -0.2) is 8.78 Å². The van der Waals surface area contributed by atoms with Crippen LogP contribution >= 0.6 is 0 Å². The van der Waals surface area contributed by atoms with Gasteiger partial charge in [-0.1, -0.05) is 6.07 Å². The fraction of sp³-hybridized carbons (Fsp3) is 0.154. The van der Waals surface area contributed by atoms with E-state index in [1.807, 2.05) is 0 Å². The highest BCUT2D eigenvalue weighted by molar-refractivity contribution is 5.24. The van der Waals surface area contributed by atoms with Gasteiger partial charge in [0.2, 0.25) is 0 Å². The first-order valence-corrected chi connectivity index (χ1v) is 5.19. The summed E-state index contributed by atoms with van der Waals surface area (Å²) in [5, 5.41) is 9.84. The number of aliphatic hydroxyl groups excluding tert-OH is 1. The Kier molecular flexibility index (Phi) is 3.44. The Labute approximate surface area is 97.6 Å². The predicted molar refractivity (Wildman–Crippen MR) is 59.3 cm³/mol. The monoisotopic (exact) mass is 235 g/mol. The van der Waals surface area contributed by atoms with Crippen LogP contribution in [0.1, 0.15) is 17.2 Å². The van der Waals surface area contributed by atoms with E-state index in [1.165, 1.54) is 6.07 Å². The van der Waals surface area contributed by atoms with Crippen molar-refractivity contribution >= 4 is 0 Å². The Morgan fingerprint density at radius 3 is 2.24 bits per heavy atom. The maximum atomic E-state index is 13.4. The van der Waals surface area contributed by atoms with Crippen molar-refractivity contribution in [2.75, 3.05) is 0 Å². The largest absolute Gasteiger partial charge is 0.388 e. The lowest BCUT2D eigenvalue weighted by molar-refractivity contribution is 0.168. The van der Waals surface area contributed by atoms with Crippen LogP contribution < -0.4 is 0 Å². The van der Waals surface area contributed by atoms with Gasteiger partial charge in [0.05, 0.1) is 11.7 Å². The average molecular weight is 235 g/mol. The molecule has 2 aromatic rings. The molecule has 0 aliphatic heterocycles. The first kappa shape index (κ1) is 11.7. The number of hydrogen-bond donors (Lipinski definition) is 1. The standard InChI is InChI=1S/C13H11F2NO/c14-10-2-1-3-11(15)13(10)12(17)8-9-4-6-16-7-5-9/h1-7,12,17H,8H2. The minimum atomic E-state index is -1.20. The number of benzene rings is 1. The molecule has 1 atom stereocenters. The summed E-state index contributed by atoms with van der Waals surface area (Å²) in [6.07, 6.45) is 2.10. The van der Waals surface area contributed by atoms with Crippen LogP contribution in [-0.4, -0.2) is 10.1 Å². The van der Waals surface area contributed by atoms with E-state index in [1.54, 1.807) is 24.5 Å². The second-order valence-electron chi connectivity index (χ2n) is 3.71. The minimum Gasteiger partial charge on any atom is -0.388 e. The molecule has 0 aliphatic carbocycles. The topological polar surface area (TPSA) is 33.1 Å². The Bertz CT molecular complexity index is 482. The molecule has 0 bridgehead atoms. The molecule has 0 saturated heterocycles. The van der Waals surface area contributed by atoms with Crippen molar-refractivity contribution in [2.24, 2.45) is 0 Å². The van der Waals surface area contributed by atoms with Crippen molar-refractivity contribution in [3.05, 3.63) is 65.5 Å². The quantitative estimate of drug-likeness (QED) is 0.887. The molecular formula is C13H11F2NO. The smallest absolute Gasteiger partial charge is 0.131 e. The summed E-state index contributed by atoms with van der Waals surface area (Å²) >= 11 is 0. The molecule has 0 amide bonds. The molecular weight excluding hydrogens is 224 g/mol. The van der Waals surface area contributed by atoms with Gasteiger partial charge >= 0.3 is 0 Å². The molecule has 4 heteroatoms. The lowest BCUT2D eigenvalue weighted by Gasteiger charge is -2.12. The van der Waals surface area contributed by atoms with Gasteiger partial charge in [-0.15, -0.1) is 0 Å². The van der Waals surface area contributed by atoms with E-state index in [2.05, 4.69) is 4.98 Å². The van der Waals surface area contributed by atoms with Gasteiger partial charge in [0.15, 0.2) is 0 Å². The van der Waals surface area contributed by atoms with E-state index in [0.29, 0.717) is 0 Å². The van der Waals surface area contributed by atoms with Gasteiger partial charge in [0.1, 0.15) is 11.6 Å². The zero-order valence-electron chi connectivity index (χ0n) is 8.98. The van der Waals surface area contributed by atoms with Crippen LogP contribution in [0.25, 0.3) is 0 Å². The fourth-order valence-corrected chi connectivity index (χ4v) is 1.67. The molecule has 1 unspecified atom stereocenters. The summed E-state index contributed by atoms with van der Waals surface area (Å²) in [4.78, 5) is 3.83. The van der Waals surface area contributed by atoms with Crippen LogP contribution in [0.3, 0.4) is 0 Å². The average Bonchev–Trinajstić information content (AvgIpc) is 2.30. The molecule has 0 saturated carbocycles. The molecule has 1 N–H and O–H groups in total. The summed E-state index contributed by atoms with van der Waals surface area (Å²) in [5.74, 6) is -1.46. The number of rotatable bonds is 3. The zero-order chi connectivity index (χ0) is 12.3. The Hall–Kier alpha value is -1.81. The highest BCUT2D eigenvalue weighted by Crippen LogP contribution is 2.23. The molecule has 1 aromatic heterocycles. The molecule has 2 nitrogen and oxygen atoms in total. The third-order valence-electron chi connectivity index (χ3n) is 2.51. The van der Waals surface area contributed by atoms with Crippen molar-refractivity contribution in [1.29, 1.82) is 0 Å². The van der Waals surface area contributed by atoms with E-state index in [0.717, 1.165) is 17.7 Å². The summed E-state index contributed by atoms with van der Waals surface area (Å²) in [5.41, 5.74) is 0.486. The second-order valence-corrected chi connectivity index (χ2v) is 3.71. The third kappa shape index (κ3) is 2.65. The van der Waals surface area contributed by atoms with E-state index in [-0.39, 0.29) is 12.0 Å². The van der Waals surface area contributed by atoms with Crippen LogP contribution in [0.4, 0.5) is 8.78 Å². The summed E-state index contributed by atoms with van der Waals surface area (Å²) < 4.78 is 26.8.